The second kappa shape index (κ2) is 6.35. The van der Waals surface area contributed by atoms with Crippen LogP contribution in [0.15, 0.2) is 0 Å². The molecule has 0 aromatic rings. The van der Waals surface area contributed by atoms with Crippen LogP contribution in [0.3, 0.4) is 0 Å². The SMILES string of the molecule is CC(=O)O[C@@H]([C@@H]1OC(C)(C)O[C@H]1CC(=O)O)[C@H]1COC(C)(C)O1. The molecule has 8 nitrogen and oxygen atoms in total. The molecule has 2 rings (SSSR count). The molecule has 0 spiro atoms. The minimum Gasteiger partial charge on any atom is -0.481 e. The third kappa shape index (κ3) is 4.63. The summed E-state index contributed by atoms with van der Waals surface area (Å²) in [7, 11) is 0. The lowest BCUT2D eigenvalue weighted by atomic mass is 10.0. The highest BCUT2D eigenvalue weighted by Crippen LogP contribution is 2.36. The third-order valence-corrected chi connectivity index (χ3v) is 3.62. The van der Waals surface area contributed by atoms with Crippen LogP contribution in [-0.2, 0) is 33.3 Å². The Kier molecular flexibility index (Phi) is 5.00. The van der Waals surface area contributed by atoms with E-state index < -0.39 is 47.9 Å². The summed E-state index contributed by atoms with van der Waals surface area (Å²) in [5, 5.41) is 9.07. The molecule has 23 heavy (non-hydrogen) atoms. The van der Waals surface area contributed by atoms with Gasteiger partial charge in [0.05, 0.1) is 13.0 Å². The zero-order chi connectivity index (χ0) is 17.4. The number of hydrogen-bond donors (Lipinski definition) is 1. The van der Waals surface area contributed by atoms with Crippen LogP contribution in [0.1, 0.15) is 41.0 Å². The molecule has 1 N–H and O–H groups in total. The molecular formula is C15H24O8. The fourth-order valence-electron chi connectivity index (χ4n) is 2.90. The molecule has 2 heterocycles. The van der Waals surface area contributed by atoms with Crippen molar-refractivity contribution in [1.82, 2.24) is 0 Å². The highest BCUT2D eigenvalue weighted by Gasteiger charge is 2.52. The fraction of sp³-hybridized carbons (Fsp3) is 0.867. The largest absolute Gasteiger partial charge is 0.481 e. The van der Waals surface area contributed by atoms with Gasteiger partial charge in [-0.05, 0) is 27.7 Å². The van der Waals surface area contributed by atoms with Gasteiger partial charge in [0, 0.05) is 6.92 Å². The Bertz CT molecular complexity index is 472. The number of esters is 1. The van der Waals surface area contributed by atoms with Crippen LogP contribution in [0.25, 0.3) is 0 Å². The number of carbonyl (C=O) groups excluding carboxylic acids is 1. The van der Waals surface area contributed by atoms with Crippen molar-refractivity contribution in [3.05, 3.63) is 0 Å². The normalized spacial score (nSPS) is 33.3. The molecule has 2 fully saturated rings. The van der Waals surface area contributed by atoms with Gasteiger partial charge in [0.15, 0.2) is 17.7 Å². The molecule has 2 aliphatic rings. The monoisotopic (exact) mass is 332 g/mol. The molecule has 132 valence electrons. The van der Waals surface area contributed by atoms with Gasteiger partial charge in [-0.25, -0.2) is 0 Å². The van der Waals surface area contributed by atoms with E-state index in [0.29, 0.717) is 0 Å². The summed E-state index contributed by atoms with van der Waals surface area (Å²) in [6, 6.07) is 0. The molecule has 2 saturated heterocycles. The van der Waals surface area contributed by atoms with E-state index in [-0.39, 0.29) is 13.0 Å². The second-order valence-electron chi connectivity index (χ2n) is 6.68. The standard InChI is InChI=1S/C15H24O8/c1-8(16)20-12(10-7-19-14(2,3)22-10)13-9(6-11(17)18)21-15(4,5)23-13/h9-10,12-13H,6-7H2,1-5H3,(H,17,18)/t9-,10+,12+,13+/m0/s1. The smallest absolute Gasteiger partial charge is 0.306 e. The highest BCUT2D eigenvalue weighted by molar-refractivity contribution is 5.68. The lowest BCUT2D eigenvalue weighted by Crippen LogP contribution is -2.48. The van der Waals surface area contributed by atoms with Crippen LogP contribution >= 0.6 is 0 Å². The summed E-state index contributed by atoms with van der Waals surface area (Å²) in [6.45, 7) is 8.36. The average Bonchev–Trinajstić information content (AvgIpc) is 2.85. The Labute approximate surface area is 135 Å². The summed E-state index contributed by atoms with van der Waals surface area (Å²) in [6.07, 6.45) is -3.15. The van der Waals surface area contributed by atoms with Gasteiger partial charge in [-0.3, -0.25) is 9.59 Å². The third-order valence-electron chi connectivity index (χ3n) is 3.62. The molecule has 0 aromatic carbocycles. The topological polar surface area (TPSA) is 101 Å². The Morgan fingerprint density at radius 1 is 1.17 bits per heavy atom. The van der Waals surface area contributed by atoms with Crippen LogP contribution in [-0.4, -0.2) is 59.6 Å². The zero-order valence-electron chi connectivity index (χ0n) is 14.0. The maximum atomic E-state index is 11.5. The van der Waals surface area contributed by atoms with E-state index in [1.807, 2.05) is 0 Å². The lowest BCUT2D eigenvalue weighted by Gasteiger charge is -2.30. The van der Waals surface area contributed by atoms with Gasteiger partial charge < -0.3 is 28.8 Å². The Morgan fingerprint density at radius 3 is 2.30 bits per heavy atom. The summed E-state index contributed by atoms with van der Waals surface area (Å²) < 4.78 is 28.1. The minimum atomic E-state index is -1.02. The van der Waals surface area contributed by atoms with E-state index in [1.165, 1.54) is 6.92 Å². The Balaban J connectivity index is 2.22. The summed E-state index contributed by atoms with van der Waals surface area (Å²) in [5.74, 6) is -3.31. The summed E-state index contributed by atoms with van der Waals surface area (Å²) >= 11 is 0. The number of aliphatic carboxylic acids is 1. The van der Waals surface area contributed by atoms with Crippen molar-refractivity contribution < 1.29 is 38.4 Å². The quantitative estimate of drug-likeness (QED) is 0.746. The van der Waals surface area contributed by atoms with Gasteiger partial charge in [-0.15, -0.1) is 0 Å². The van der Waals surface area contributed by atoms with Gasteiger partial charge in [0.25, 0.3) is 0 Å². The van der Waals surface area contributed by atoms with Crippen LogP contribution in [0.4, 0.5) is 0 Å². The molecule has 0 aromatic heterocycles. The van der Waals surface area contributed by atoms with Crippen molar-refractivity contribution in [3.8, 4) is 0 Å². The van der Waals surface area contributed by atoms with E-state index in [2.05, 4.69) is 0 Å². The van der Waals surface area contributed by atoms with E-state index in [9.17, 15) is 9.59 Å². The predicted octanol–water partition coefficient (Wildman–Crippen LogP) is 1.06. The maximum absolute atomic E-state index is 11.5. The van der Waals surface area contributed by atoms with Crippen molar-refractivity contribution in [2.75, 3.05) is 6.61 Å². The Hall–Kier alpha value is -1.22. The molecule has 0 aliphatic carbocycles. The van der Waals surface area contributed by atoms with Crippen molar-refractivity contribution in [2.24, 2.45) is 0 Å². The van der Waals surface area contributed by atoms with E-state index >= 15 is 0 Å². The van der Waals surface area contributed by atoms with Gasteiger partial charge in [0.2, 0.25) is 0 Å². The molecule has 2 aliphatic heterocycles. The van der Waals surface area contributed by atoms with Crippen LogP contribution in [0.5, 0.6) is 0 Å². The first-order valence-corrected chi connectivity index (χ1v) is 7.55. The first-order valence-electron chi connectivity index (χ1n) is 7.55. The first kappa shape index (κ1) is 18.1. The Morgan fingerprint density at radius 2 is 1.83 bits per heavy atom. The number of ether oxygens (including phenoxy) is 5. The van der Waals surface area contributed by atoms with Crippen molar-refractivity contribution in [3.63, 3.8) is 0 Å². The van der Waals surface area contributed by atoms with Gasteiger partial charge >= 0.3 is 11.9 Å². The average molecular weight is 332 g/mol. The molecule has 0 bridgehead atoms. The van der Waals surface area contributed by atoms with Crippen LogP contribution in [0.2, 0.25) is 0 Å². The molecule has 4 atom stereocenters. The van der Waals surface area contributed by atoms with E-state index in [1.54, 1.807) is 27.7 Å². The molecular weight excluding hydrogens is 308 g/mol. The summed E-state index contributed by atoms with van der Waals surface area (Å²) in [5.41, 5.74) is 0. The van der Waals surface area contributed by atoms with E-state index in [4.69, 9.17) is 28.8 Å². The van der Waals surface area contributed by atoms with E-state index in [0.717, 1.165) is 0 Å². The van der Waals surface area contributed by atoms with Gasteiger partial charge in [-0.1, -0.05) is 0 Å². The van der Waals surface area contributed by atoms with Gasteiger partial charge in [0.1, 0.15) is 18.3 Å². The molecule has 0 saturated carbocycles. The summed E-state index contributed by atoms with van der Waals surface area (Å²) in [4.78, 5) is 22.6. The minimum absolute atomic E-state index is 0.213. The number of hydrogen-bond acceptors (Lipinski definition) is 7. The number of carbonyl (C=O) groups is 2. The fourth-order valence-corrected chi connectivity index (χ4v) is 2.90. The molecule has 0 unspecified atom stereocenters. The zero-order valence-corrected chi connectivity index (χ0v) is 14.0. The number of rotatable bonds is 5. The van der Waals surface area contributed by atoms with Crippen LogP contribution in [0, 0.1) is 0 Å². The number of carboxylic acid groups (broad SMARTS) is 1. The predicted molar refractivity (Wildman–Crippen MR) is 76.5 cm³/mol. The van der Waals surface area contributed by atoms with Crippen LogP contribution < -0.4 is 0 Å². The maximum Gasteiger partial charge on any atom is 0.306 e. The van der Waals surface area contributed by atoms with Gasteiger partial charge in [-0.2, -0.15) is 0 Å². The lowest BCUT2D eigenvalue weighted by molar-refractivity contribution is -0.193. The number of carboxylic acids is 1. The molecule has 0 amide bonds. The molecule has 0 radical (unpaired) electrons. The first-order chi connectivity index (χ1) is 10.5. The van der Waals surface area contributed by atoms with Crippen molar-refractivity contribution >= 4 is 11.9 Å². The van der Waals surface area contributed by atoms with Crippen molar-refractivity contribution in [2.45, 2.75) is 77.0 Å². The molecule has 8 heteroatoms. The second-order valence-corrected chi connectivity index (χ2v) is 6.68. The van der Waals surface area contributed by atoms with Crippen molar-refractivity contribution in [1.29, 1.82) is 0 Å². The highest BCUT2D eigenvalue weighted by atomic mass is 16.8.